The molecule has 0 saturated carbocycles. The third kappa shape index (κ3) is 4.49. The van der Waals surface area contributed by atoms with Gasteiger partial charge in [0, 0.05) is 42.4 Å². The molecular formula is C24H22ClN5O3S. The van der Waals surface area contributed by atoms with Crippen molar-refractivity contribution in [3.63, 3.8) is 0 Å². The smallest absolute Gasteiger partial charge is 0.321 e. The Morgan fingerprint density at radius 3 is 2.50 bits per heavy atom. The Kier molecular flexibility index (Phi) is 5.75. The van der Waals surface area contributed by atoms with E-state index < -0.39 is 9.84 Å². The number of imidazole rings is 1. The topological polar surface area (TPSA) is 108 Å². The molecule has 1 aliphatic heterocycles. The molecule has 4 aromatic rings. The number of anilines is 1. The largest absolute Gasteiger partial charge is 0.337 e. The van der Waals surface area contributed by atoms with Crippen molar-refractivity contribution in [1.82, 2.24) is 19.9 Å². The summed E-state index contributed by atoms with van der Waals surface area (Å²) in [5.41, 5.74) is 4.17. The van der Waals surface area contributed by atoms with E-state index in [1.807, 2.05) is 6.07 Å². The molecular weight excluding hydrogens is 474 g/mol. The van der Waals surface area contributed by atoms with Gasteiger partial charge in [-0.15, -0.1) is 0 Å². The lowest BCUT2D eigenvalue weighted by molar-refractivity contribution is 0.222. The molecule has 34 heavy (non-hydrogen) atoms. The summed E-state index contributed by atoms with van der Waals surface area (Å²) in [7, 11) is -3.26. The number of pyridine rings is 1. The molecule has 0 bridgehead atoms. The minimum Gasteiger partial charge on any atom is -0.337 e. The Bertz CT molecular complexity index is 1490. The Morgan fingerprint density at radius 1 is 1.06 bits per heavy atom. The number of hydrogen-bond acceptors (Lipinski definition) is 5. The predicted molar refractivity (Wildman–Crippen MR) is 133 cm³/mol. The van der Waals surface area contributed by atoms with Crippen LogP contribution in [-0.4, -0.2) is 53.6 Å². The number of benzene rings is 2. The molecule has 0 atom stereocenters. The van der Waals surface area contributed by atoms with E-state index in [1.54, 1.807) is 53.6 Å². The number of aromatic nitrogens is 3. The Hall–Kier alpha value is -3.43. The first-order chi connectivity index (χ1) is 16.3. The molecule has 8 nitrogen and oxygen atoms in total. The number of rotatable bonds is 4. The van der Waals surface area contributed by atoms with Gasteiger partial charge in [-0.3, -0.25) is 0 Å². The molecule has 2 amide bonds. The van der Waals surface area contributed by atoms with Crippen LogP contribution in [0, 0.1) is 0 Å². The van der Waals surface area contributed by atoms with E-state index in [4.69, 9.17) is 11.6 Å². The number of carbonyl (C=O) groups excluding carboxylic acids is 1. The van der Waals surface area contributed by atoms with E-state index in [0.717, 1.165) is 37.1 Å². The van der Waals surface area contributed by atoms with Gasteiger partial charge in [0.25, 0.3) is 0 Å². The highest BCUT2D eigenvalue weighted by molar-refractivity contribution is 7.90. The zero-order chi connectivity index (χ0) is 23.9. The third-order valence-corrected chi connectivity index (χ3v) is 7.28. The van der Waals surface area contributed by atoms with E-state index in [1.165, 1.54) is 6.26 Å². The first-order valence-electron chi connectivity index (χ1n) is 10.8. The number of nitrogens with one attached hydrogen (secondary N) is 2. The van der Waals surface area contributed by atoms with Gasteiger partial charge in [0.2, 0.25) is 0 Å². The van der Waals surface area contributed by atoms with Crippen LogP contribution in [0.2, 0.25) is 5.02 Å². The molecule has 0 spiro atoms. The average molecular weight is 496 g/mol. The second-order valence-electron chi connectivity index (χ2n) is 8.30. The number of H-pyrrole nitrogens is 1. The van der Waals surface area contributed by atoms with E-state index in [-0.39, 0.29) is 10.9 Å². The number of likely N-dealkylation sites (tertiary alicyclic amines) is 1. The van der Waals surface area contributed by atoms with Crippen molar-refractivity contribution in [3.05, 3.63) is 59.8 Å². The molecule has 1 fully saturated rings. The summed E-state index contributed by atoms with van der Waals surface area (Å²) in [5, 5.41) is 3.42. The van der Waals surface area contributed by atoms with Gasteiger partial charge in [-0.2, -0.15) is 0 Å². The fraction of sp³-hybridized carbons (Fsp3) is 0.208. The first kappa shape index (κ1) is 22.4. The van der Waals surface area contributed by atoms with Crippen LogP contribution in [0.3, 0.4) is 0 Å². The van der Waals surface area contributed by atoms with Crippen molar-refractivity contribution >= 4 is 44.3 Å². The predicted octanol–water partition coefficient (Wildman–Crippen LogP) is 4.98. The summed E-state index contributed by atoms with van der Waals surface area (Å²) < 4.78 is 23.4. The normalized spacial score (nSPS) is 14.0. The van der Waals surface area contributed by atoms with Crippen LogP contribution in [-0.2, 0) is 9.84 Å². The lowest BCUT2D eigenvalue weighted by atomic mass is 10.1. The summed E-state index contributed by atoms with van der Waals surface area (Å²) in [5.74, 6) is 0.536. The van der Waals surface area contributed by atoms with Gasteiger partial charge in [-0.25, -0.2) is 23.2 Å². The van der Waals surface area contributed by atoms with Gasteiger partial charge >= 0.3 is 6.03 Å². The van der Waals surface area contributed by atoms with Crippen LogP contribution >= 0.6 is 11.6 Å². The second-order valence-corrected chi connectivity index (χ2v) is 10.7. The molecule has 1 saturated heterocycles. The van der Waals surface area contributed by atoms with Gasteiger partial charge in [0.05, 0.1) is 15.4 Å². The molecule has 5 rings (SSSR count). The van der Waals surface area contributed by atoms with E-state index in [0.29, 0.717) is 33.3 Å². The molecule has 0 radical (unpaired) electrons. The average Bonchev–Trinajstić information content (AvgIpc) is 3.49. The van der Waals surface area contributed by atoms with Crippen molar-refractivity contribution in [2.45, 2.75) is 17.7 Å². The van der Waals surface area contributed by atoms with Gasteiger partial charge in [0.15, 0.2) is 15.5 Å². The number of urea groups is 1. The molecule has 2 N–H and O–H groups in total. The Labute approximate surface area is 201 Å². The number of sulfone groups is 1. The highest BCUT2D eigenvalue weighted by Crippen LogP contribution is 2.31. The van der Waals surface area contributed by atoms with E-state index in [9.17, 15) is 13.2 Å². The minimum absolute atomic E-state index is 0.122. The van der Waals surface area contributed by atoms with Crippen molar-refractivity contribution in [1.29, 1.82) is 0 Å². The maximum absolute atomic E-state index is 12.5. The molecule has 3 heterocycles. The van der Waals surface area contributed by atoms with Crippen LogP contribution in [0.4, 0.5) is 10.5 Å². The highest BCUT2D eigenvalue weighted by atomic mass is 35.5. The van der Waals surface area contributed by atoms with E-state index in [2.05, 4.69) is 20.3 Å². The minimum atomic E-state index is -3.26. The molecule has 0 unspecified atom stereocenters. The molecule has 2 aromatic heterocycles. The number of hydrogen-bond donors (Lipinski definition) is 2. The molecule has 0 aliphatic carbocycles. The zero-order valence-corrected chi connectivity index (χ0v) is 19.9. The molecule has 1 aliphatic rings. The van der Waals surface area contributed by atoms with Crippen molar-refractivity contribution in [2.75, 3.05) is 24.7 Å². The summed E-state index contributed by atoms with van der Waals surface area (Å²) in [6.45, 7) is 1.53. The molecule has 2 aromatic carbocycles. The number of carbonyl (C=O) groups is 1. The van der Waals surface area contributed by atoms with Gasteiger partial charge in [0.1, 0.15) is 5.82 Å². The van der Waals surface area contributed by atoms with Crippen LogP contribution in [0.15, 0.2) is 59.6 Å². The van der Waals surface area contributed by atoms with Crippen molar-refractivity contribution in [3.8, 4) is 22.5 Å². The standard InChI is InChI=1S/C24H22ClN5O3S/c1-34(32,33)18-7-4-15(5-8-18)16-12-21-23(26-14-16)29-22(28-21)19-13-17(6-9-20(19)25)27-24(31)30-10-2-3-11-30/h4-9,12-14H,2-3,10-11H2,1H3,(H,27,31)(H,26,28,29). The summed E-state index contributed by atoms with van der Waals surface area (Å²) in [4.78, 5) is 26.8. The SMILES string of the molecule is CS(=O)(=O)c1ccc(-c2cnc3nc(-c4cc(NC(=O)N5CCCC5)ccc4Cl)[nH]c3c2)cc1. The fourth-order valence-electron chi connectivity index (χ4n) is 3.99. The van der Waals surface area contributed by atoms with Crippen LogP contribution in [0.25, 0.3) is 33.7 Å². The second kappa shape index (κ2) is 8.73. The van der Waals surface area contributed by atoms with Crippen molar-refractivity contribution < 1.29 is 13.2 Å². The van der Waals surface area contributed by atoms with Crippen molar-refractivity contribution in [2.24, 2.45) is 0 Å². The Balaban J connectivity index is 1.44. The summed E-state index contributed by atoms with van der Waals surface area (Å²) in [6, 6.07) is 13.7. The number of aromatic amines is 1. The van der Waals surface area contributed by atoms with Crippen LogP contribution in [0.5, 0.6) is 0 Å². The summed E-state index contributed by atoms with van der Waals surface area (Å²) in [6.07, 6.45) is 4.92. The quantitative estimate of drug-likeness (QED) is 0.415. The maximum Gasteiger partial charge on any atom is 0.321 e. The molecule has 174 valence electrons. The number of nitrogens with zero attached hydrogens (tertiary/aromatic N) is 3. The highest BCUT2D eigenvalue weighted by Gasteiger charge is 2.19. The van der Waals surface area contributed by atoms with Crippen LogP contribution in [0.1, 0.15) is 12.8 Å². The lowest BCUT2D eigenvalue weighted by Gasteiger charge is -2.16. The van der Waals surface area contributed by atoms with Gasteiger partial charge in [-0.05, 0) is 54.8 Å². The monoisotopic (exact) mass is 495 g/mol. The lowest BCUT2D eigenvalue weighted by Crippen LogP contribution is -2.32. The summed E-state index contributed by atoms with van der Waals surface area (Å²) >= 11 is 6.45. The fourth-order valence-corrected chi connectivity index (χ4v) is 4.82. The maximum atomic E-state index is 12.5. The number of fused-ring (bicyclic) bond motifs is 1. The van der Waals surface area contributed by atoms with E-state index >= 15 is 0 Å². The zero-order valence-electron chi connectivity index (χ0n) is 18.4. The number of halogens is 1. The third-order valence-electron chi connectivity index (χ3n) is 5.82. The number of amides is 2. The van der Waals surface area contributed by atoms with Crippen LogP contribution < -0.4 is 5.32 Å². The van der Waals surface area contributed by atoms with Gasteiger partial charge < -0.3 is 15.2 Å². The Morgan fingerprint density at radius 2 is 1.79 bits per heavy atom. The first-order valence-corrected chi connectivity index (χ1v) is 13.1. The molecule has 10 heteroatoms. The van der Waals surface area contributed by atoms with Gasteiger partial charge in [-0.1, -0.05) is 23.7 Å².